The SMILES string of the molecule is CCC(CCCCN1CCOCC1)CCOC. The number of rotatable bonds is 9. The Morgan fingerprint density at radius 2 is 1.94 bits per heavy atom. The van der Waals surface area contributed by atoms with Crippen LogP contribution in [-0.2, 0) is 9.47 Å². The molecular weight excluding hydrogens is 214 g/mol. The van der Waals surface area contributed by atoms with Gasteiger partial charge < -0.3 is 9.47 Å². The maximum atomic E-state index is 5.35. The fourth-order valence-corrected chi connectivity index (χ4v) is 2.43. The molecule has 0 saturated carbocycles. The molecule has 1 aliphatic heterocycles. The van der Waals surface area contributed by atoms with Crippen molar-refractivity contribution in [3.63, 3.8) is 0 Å². The molecule has 1 fully saturated rings. The highest BCUT2D eigenvalue weighted by atomic mass is 16.5. The quantitative estimate of drug-likeness (QED) is 0.581. The van der Waals surface area contributed by atoms with Crippen molar-refractivity contribution in [1.82, 2.24) is 4.90 Å². The predicted molar refractivity (Wildman–Crippen MR) is 71.4 cm³/mol. The van der Waals surface area contributed by atoms with Crippen molar-refractivity contribution in [2.24, 2.45) is 5.92 Å². The van der Waals surface area contributed by atoms with Crippen molar-refractivity contribution in [3.05, 3.63) is 0 Å². The van der Waals surface area contributed by atoms with Crippen LogP contribution in [0, 0.1) is 5.92 Å². The van der Waals surface area contributed by atoms with Gasteiger partial charge in [-0.25, -0.2) is 0 Å². The van der Waals surface area contributed by atoms with Gasteiger partial charge >= 0.3 is 0 Å². The van der Waals surface area contributed by atoms with Crippen molar-refractivity contribution in [3.8, 4) is 0 Å². The van der Waals surface area contributed by atoms with Gasteiger partial charge in [0.1, 0.15) is 0 Å². The third kappa shape index (κ3) is 7.02. The molecule has 1 heterocycles. The van der Waals surface area contributed by atoms with Crippen LogP contribution in [0.1, 0.15) is 39.0 Å². The second-order valence-electron chi connectivity index (χ2n) is 5.01. The molecule has 1 aliphatic rings. The van der Waals surface area contributed by atoms with Gasteiger partial charge in [-0.15, -0.1) is 0 Å². The highest BCUT2D eigenvalue weighted by molar-refractivity contribution is 4.63. The van der Waals surface area contributed by atoms with Gasteiger partial charge in [0.05, 0.1) is 13.2 Å². The average Bonchev–Trinajstić information content (AvgIpc) is 2.39. The van der Waals surface area contributed by atoms with Crippen molar-refractivity contribution >= 4 is 0 Å². The average molecular weight is 243 g/mol. The molecule has 3 nitrogen and oxygen atoms in total. The molecule has 0 aromatic carbocycles. The molecule has 0 N–H and O–H groups in total. The lowest BCUT2D eigenvalue weighted by Gasteiger charge is -2.26. The molecule has 1 rings (SSSR count). The first-order chi connectivity index (χ1) is 8.36. The van der Waals surface area contributed by atoms with Gasteiger partial charge in [-0.3, -0.25) is 4.90 Å². The predicted octanol–water partition coefficient (Wildman–Crippen LogP) is 2.55. The lowest BCUT2D eigenvalue weighted by atomic mass is 9.96. The molecule has 0 amide bonds. The number of morpholine rings is 1. The monoisotopic (exact) mass is 243 g/mol. The van der Waals surface area contributed by atoms with Crippen LogP contribution in [0.15, 0.2) is 0 Å². The molecule has 0 spiro atoms. The summed E-state index contributed by atoms with van der Waals surface area (Å²) >= 11 is 0. The molecule has 3 heteroatoms. The van der Waals surface area contributed by atoms with E-state index >= 15 is 0 Å². The van der Waals surface area contributed by atoms with Crippen LogP contribution < -0.4 is 0 Å². The van der Waals surface area contributed by atoms with E-state index in [1.54, 1.807) is 7.11 Å². The Balaban J connectivity index is 1.97. The summed E-state index contributed by atoms with van der Waals surface area (Å²) in [6.45, 7) is 8.56. The number of nitrogens with zero attached hydrogens (tertiary/aromatic N) is 1. The first-order valence-electron chi connectivity index (χ1n) is 7.15. The molecule has 1 saturated heterocycles. The van der Waals surface area contributed by atoms with Crippen LogP contribution in [0.4, 0.5) is 0 Å². The number of ether oxygens (including phenoxy) is 2. The zero-order valence-corrected chi connectivity index (χ0v) is 11.6. The maximum absolute atomic E-state index is 5.35. The lowest BCUT2D eigenvalue weighted by Crippen LogP contribution is -2.36. The highest BCUT2D eigenvalue weighted by Crippen LogP contribution is 2.16. The second-order valence-corrected chi connectivity index (χ2v) is 5.01. The molecule has 0 aliphatic carbocycles. The molecule has 0 aromatic heterocycles. The minimum Gasteiger partial charge on any atom is -0.385 e. The molecule has 0 bridgehead atoms. The molecule has 102 valence electrons. The molecule has 17 heavy (non-hydrogen) atoms. The molecule has 1 unspecified atom stereocenters. The van der Waals surface area contributed by atoms with Crippen LogP contribution in [0.2, 0.25) is 0 Å². The van der Waals surface area contributed by atoms with E-state index in [-0.39, 0.29) is 0 Å². The van der Waals surface area contributed by atoms with Gasteiger partial charge in [0.25, 0.3) is 0 Å². The Kier molecular flexibility index (Phi) is 8.67. The van der Waals surface area contributed by atoms with Crippen molar-refractivity contribution in [2.75, 3.05) is 46.6 Å². The van der Waals surface area contributed by atoms with E-state index in [4.69, 9.17) is 9.47 Å². The lowest BCUT2D eigenvalue weighted by molar-refractivity contribution is 0.0369. The highest BCUT2D eigenvalue weighted by Gasteiger charge is 2.10. The Labute approximate surface area is 106 Å². The number of unbranched alkanes of at least 4 members (excludes halogenated alkanes) is 1. The molecule has 1 atom stereocenters. The van der Waals surface area contributed by atoms with Crippen molar-refractivity contribution < 1.29 is 9.47 Å². The summed E-state index contributed by atoms with van der Waals surface area (Å²) in [4.78, 5) is 2.53. The first-order valence-corrected chi connectivity index (χ1v) is 7.15. The Hall–Kier alpha value is -0.120. The van der Waals surface area contributed by atoms with E-state index in [1.807, 2.05) is 0 Å². The van der Waals surface area contributed by atoms with Crippen molar-refractivity contribution in [2.45, 2.75) is 39.0 Å². The molecule has 0 radical (unpaired) electrons. The van der Waals surface area contributed by atoms with E-state index in [1.165, 1.54) is 38.6 Å². The van der Waals surface area contributed by atoms with E-state index in [0.29, 0.717) is 0 Å². The van der Waals surface area contributed by atoms with Gasteiger partial charge in [0, 0.05) is 26.8 Å². The van der Waals surface area contributed by atoms with Gasteiger partial charge in [0.2, 0.25) is 0 Å². The third-order valence-electron chi connectivity index (χ3n) is 3.75. The van der Waals surface area contributed by atoms with E-state index in [0.717, 1.165) is 38.8 Å². The summed E-state index contributed by atoms with van der Waals surface area (Å²) in [5.74, 6) is 0.861. The summed E-state index contributed by atoms with van der Waals surface area (Å²) in [5.41, 5.74) is 0. The van der Waals surface area contributed by atoms with Gasteiger partial charge in [-0.2, -0.15) is 0 Å². The van der Waals surface area contributed by atoms with Gasteiger partial charge in [-0.1, -0.05) is 26.2 Å². The van der Waals surface area contributed by atoms with Crippen LogP contribution in [0.3, 0.4) is 0 Å². The number of hydrogen-bond donors (Lipinski definition) is 0. The van der Waals surface area contributed by atoms with Crippen LogP contribution in [0.5, 0.6) is 0 Å². The fourth-order valence-electron chi connectivity index (χ4n) is 2.43. The Morgan fingerprint density at radius 1 is 1.18 bits per heavy atom. The number of methoxy groups -OCH3 is 1. The smallest absolute Gasteiger partial charge is 0.0594 e. The standard InChI is InChI=1S/C14H29NO2/c1-3-14(7-11-16-2)6-4-5-8-15-9-12-17-13-10-15/h14H,3-13H2,1-2H3. The first kappa shape index (κ1) is 14.9. The van der Waals surface area contributed by atoms with Crippen molar-refractivity contribution in [1.29, 1.82) is 0 Å². The van der Waals surface area contributed by atoms with Crippen LogP contribution >= 0.6 is 0 Å². The Morgan fingerprint density at radius 3 is 2.59 bits per heavy atom. The summed E-state index contributed by atoms with van der Waals surface area (Å²) in [6.07, 6.45) is 6.58. The minimum atomic E-state index is 0.861. The Bertz CT molecular complexity index is 170. The zero-order chi connectivity index (χ0) is 12.3. The summed E-state index contributed by atoms with van der Waals surface area (Å²) in [6, 6.07) is 0. The zero-order valence-electron chi connectivity index (χ0n) is 11.6. The summed E-state index contributed by atoms with van der Waals surface area (Å²) in [7, 11) is 1.80. The maximum Gasteiger partial charge on any atom is 0.0594 e. The molecular formula is C14H29NO2. The van der Waals surface area contributed by atoms with Crippen LogP contribution in [0.25, 0.3) is 0 Å². The van der Waals surface area contributed by atoms with E-state index in [2.05, 4.69) is 11.8 Å². The number of hydrogen-bond acceptors (Lipinski definition) is 3. The topological polar surface area (TPSA) is 21.7 Å². The van der Waals surface area contributed by atoms with E-state index < -0.39 is 0 Å². The fraction of sp³-hybridized carbons (Fsp3) is 1.00. The minimum absolute atomic E-state index is 0.861. The van der Waals surface area contributed by atoms with Crippen LogP contribution in [-0.4, -0.2) is 51.5 Å². The largest absolute Gasteiger partial charge is 0.385 e. The third-order valence-corrected chi connectivity index (χ3v) is 3.75. The summed E-state index contributed by atoms with van der Waals surface area (Å²) in [5, 5.41) is 0. The summed E-state index contributed by atoms with van der Waals surface area (Å²) < 4.78 is 10.5. The normalized spacial score (nSPS) is 19.4. The molecule has 0 aromatic rings. The van der Waals surface area contributed by atoms with Gasteiger partial charge in [0.15, 0.2) is 0 Å². The second kappa shape index (κ2) is 9.86. The van der Waals surface area contributed by atoms with Gasteiger partial charge in [-0.05, 0) is 25.3 Å². The van der Waals surface area contributed by atoms with E-state index in [9.17, 15) is 0 Å².